The van der Waals surface area contributed by atoms with Crippen molar-refractivity contribution in [2.75, 3.05) is 13.1 Å². The summed E-state index contributed by atoms with van der Waals surface area (Å²) in [6.45, 7) is 11.3. The molecule has 0 bridgehead atoms. The first-order valence-corrected chi connectivity index (χ1v) is 8.39. The summed E-state index contributed by atoms with van der Waals surface area (Å²) in [7, 11) is 0. The van der Waals surface area contributed by atoms with Crippen LogP contribution >= 0.6 is 0 Å². The summed E-state index contributed by atoms with van der Waals surface area (Å²) >= 11 is 0. The molecule has 1 aliphatic heterocycles. The topological polar surface area (TPSA) is 41.3 Å². The maximum Gasteiger partial charge on any atom is 0.0727 e. The smallest absolute Gasteiger partial charge is 0.0727 e. The number of aliphatic hydroxyl groups excluding tert-OH is 1. The van der Waals surface area contributed by atoms with Crippen LogP contribution in [0.5, 0.6) is 0 Å². The number of β-amino-alcohol motifs (C(OH)–C–C–N with tert-alkyl or cyclic N) is 1. The van der Waals surface area contributed by atoms with E-state index in [0.717, 1.165) is 37.4 Å². The van der Waals surface area contributed by atoms with Crippen molar-refractivity contribution in [1.29, 1.82) is 0 Å². The van der Waals surface area contributed by atoms with Gasteiger partial charge < -0.3 is 5.11 Å². The second kappa shape index (κ2) is 6.10. The molecule has 0 radical (unpaired) electrons. The lowest BCUT2D eigenvalue weighted by molar-refractivity contribution is 0.174. The molecule has 2 aromatic rings. The van der Waals surface area contributed by atoms with E-state index in [9.17, 15) is 5.11 Å². The fourth-order valence-electron chi connectivity index (χ4n) is 3.18. The minimum absolute atomic E-state index is 0.00359. The molecule has 0 spiro atoms. The summed E-state index contributed by atoms with van der Waals surface area (Å²) in [6.07, 6.45) is 2.84. The number of aromatic nitrogens is 2. The SMILES string of the molecule is Cc1ccc(-n2cc(CN3CC[C@H](O)C3)c(C(C)(C)C)n2)cc1. The average Bonchev–Trinajstić information content (AvgIpc) is 3.06. The van der Waals surface area contributed by atoms with Crippen molar-refractivity contribution in [1.82, 2.24) is 14.7 Å². The van der Waals surface area contributed by atoms with E-state index in [4.69, 9.17) is 5.10 Å². The first-order valence-electron chi connectivity index (χ1n) is 8.39. The van der Waals surface area contributed by atoms with Gasteiger partial charge >= 0.3 is 0 Å². The molecule has 124 valence electrons. The van der Waals surface area contributed by atoms with E-state index in [2.05, 4.69) is 63.1 Å². The number of aryl methyl sites for hydroxylation is 1. The molecule has 1 aliphatic rings. The minimum Gasteiger partial charge on any atom is -0.392 e. The Hall–Kier alpha value is -1.65. The molecule has 4 heteroatoms. The third-order valence-corrected chi connectivity index (χ3v) is 4.44. The van der Waals surface area contributed by atoms with Crippen LogP contribution in [0, 0.1) is 6.92 Å². The number of likely N-dealkylation sites (tertiary alicyclic amines) is 1. The highest BCUT2D eigenvalue weighted by molar-refractivity contribution is 5.36. The second-order valence-electron chi connectivity index (χ2n) is 7.71. The molecule has 1 atom stereocenters. The number of benzene rings is 1. The Balaban J connectivity index is 1.92. The Morgan fingerprint density at radius 1 is 1.22 bits per heavy atom. The molecular weight excluding hydrogens is 286 g/mol. The summed E-state index contributed by atoms with van der Waals surface area (Å²) in [5.41, 5.74) is 4.74. The Labute approximate surface area is 138 Å². The maximum absolute atomic E-state index is 9.75. The van der Waals surface area contributed by atoms with Gasteiger partial charge in [0.05, 0.1) is 17.5 Å². The van der Waals surface area contributed by atoms with Gasteiger partial charge in [-0.1, -0.05) is 38.5 Å². The number of nitrogens with zero attached hydrogens (tertiary/aromatic N) is 3. The monoisotopic (exact) mass is 313 g/mol. The zero-order chi connectivity index (χ0) is 16.6. The van der Waals surface area contributed by atoms with Crippen LogP contribution in [0.15, 0.2) is 30.5 Å². The van der Waals surface area contributed by atoms with Gasteiger partial charge in [0.1, 0.15) is 0 Å². The van der Waals surface area contributed by atoms with Gasteiger partial charge in [-0.2, -0.15) is 5.10 Å². The standard InChI is InChI=1S/C19H27N3O/c1-14-5-7-16(8-6-14)22-12-15(18(20-22)19(2,3)4)11-21-10-9-17(23)13-21/h5-8,12,17,23H,9-11,13H2,1-4H3/t17-/m0/s1. The normalized spacial score (nSPS) is 19.4. The van der Waals surface area contributed by atoms with Crippen LogP contribution in [0.25, 0.3) is 5.69 Å². The Kier molecular flexibility index (Phi) is 4.30. The molecule has 1 aromatic heterocycles. The van der Waals surface area contributed by atoms with Crippen molar-refractivity contribution in [3.63, 3.8) is 0 Å². The number of hydrogen-bond acceptors (Lipinski definition) is 3. The van der Waals surface area contributed by atoms with Crippen LogP contribution in [0.4, 0.5) is 0 Å². The Morgan fingerprint density at radius 3 is 2.48 bits per heavy atom. The molecule has 1 N–H and O–H groups in total. The zero-order valence-electron chi connectivity index (χ0n) is 14.6. The van der Waals surface area contributed by atoms with Gasteiger partial charge in [0, 0.05) is 36.8 Å². The van der Waals surface area contributed by atoms with Crippen molar-refractivity contribution >= 4 is 0 Å². The molecule has 1 saturated heterocycles. The summed E-state index contributed by atoms with van der Waals surface area (Å²) in [5, 5.41) is 14.6. The van der Waals surface area contributed by atoms with Gasteiger partial charge in [-0.25, -0.2) is 4.68 Å². The van der Waals surface area contributed by atoms with Crippen LogP contribution in [-0.2, 0) is 12.0 Å². The van der Waals surface area contributed by atoms with Gasteiger partial charge in [-0.15, -0.1) is 0 Å². The van der Waals surface area contributed by atoms with Gasteiger partial charge in [-0.3, -0.25) is 4.90 Å². The maximum atomic E-state index is 9.75. The predicted octanol–water partition coefficient (Wildman–Crippen LogP) is 3.04. The van der Waals surface area contributed by atoms with E-state index in [1.165, 1.54) is 11.1 Å². The highest BCUT2D eigenvalue weighted by Crippen LogP contribution is 2.27. The number of rotatable bonds is 3. The fourth-order valence-corrected chi connectivity index (χ4v) is 3.18. The van der Waals surface area contributed by atoms with E-state index in [1.807, 2.05) is 4.68 Å². The minimum atomic E-state index is -0.180. The van der Waals surface area contributed by atoms with Gasteiger partial charge in [0.25, 0.3) is 0 Å². The van der Waals surface area contributed by atoms with Gasteiger partial charge in [-0.05, 0) is 25.5 Å². The predicted molar refractivity (Wildman–Crippen MR) is 92.9 cm³/mol. The Bertz CT molecular complexity index is 667. The van der Waals surface area contributed by atoms with E-state index in [0.29, 0.717) is 0 Å². The van der Waals surface area contributed by atoms with Crippen molar-refractivity contribution in [3.05, 3.63) is 47.3 Å². The summed E-state index contributed by atoms with van der Waals surface area (Å²) in [4.78, 5) is 2.32. The van der Waals surface area contributed by atoms with Crippen molar-refractivity contribution in [2.24, 2.45) is 0 Å². The van der Waals surface area contributed by atoms with Crippen LogP contribution in [0.2, 0.25) is 0 Å². The van der Waals surface area contributed by atoms with Crippen molar-refractivity contribution in [3.8, 4) is 5.69 Å². The van der Waals surface area contributed by atoms with E-state index in [1.54, 1.807) is 0 Å². The average molecular weight is 313 g/mol. The van der Waals surface area contributed by atoms with Crippen LogP contribution in [0.1, 0.15) is 44.0 Å². The van der Waals surface area contributed by atoms with E-state index < -0.39 is 0 Å². The molecular formula is C19H27N3O. The molecule has 3 rings (SSSR count). The largest absolute Gasteiger partial charge is 0.392 e. The summed E-state index contributed by atoms with van der Waals surface area (Å²) in [5.74, 6) is 0. The Morgan fingerprint density at radius 2 is 1.91 bits per heavy atom. The highest BCUT2D eigenvalue weighted by Gasteiger charge is 2.26. The molecule has 1 aromatic carbocycles. The van der Waals surface area contributed by atoms with Crippen molar-refractivity contribution in [2.45, 2.75) is 52.2 Å². The van der Waals surface area contributed by atoms with Gasteiger partial charge in [0.15, 0.2) is 0 Å². The highest BCUT2D eigenvalue weighted by atomic mass is 16.3. The molecule has 0 aliphatic carbocycles. The quantitative estimate of drug-likeness (QED) is 0.947. The molecule has 4 nitrogen and oxygen atoms in total. The number of hydrogen-bond donors (Lipinski definition) is 1. The van der Waals surface area contributed by atoms with Crippen LogP contribution in [0.3, 0.4) is 0 Å². The molecule has 1 fully saturated rings. The zero-order valence-corrected chi connectivity index (χ0v) is 14.6. The molecule has 0 unspecified atom stereocenters. The molecule has 23 heavy (non-hydrogen) atoms. The van der Waals surface area contributed by atoms with Crippen LogP contribution < -0.4 is 0 Å². The lowest BCUT2D eigenvalue weighted by Crippen LogP contribution is -2.23. The third kappa shape index (κ3) is 3.65. The molecule has 0 saturated carbocycles. The summed E-state index contributed by atoms with van der Waals surface area (Å²) < 4.78 is 1.99. The first-order chi connectivity index (χ1) is 10.8. The van der Waals surface area contributed by atoms with E-state index >= 15 is 0 Å². The van der Waals surface area contributed by atoms with Crippen LogP contribution in [-0.4, -0.2) is 39.0 Å². The van der Waals surface area contributed by atoms with Gasteiger partial charge in [0.2, 0.25) is 0 Å². The molecule has 2 heterocycles. The third-order valence-electron chi connectivity index (χ3n) is 4.44. The lowest BCUT2D eigenvalue weighted by atomic mass is 9.89. The van der Waals surface area contributed by atoms with E-state index in [-0.39, 0.29) is 11.5 Å². The number of aliphatic hydroxyl groups is 1. The second-order valence-corrected chi connectivity index (χ2v) is 7.71. The molecule has 0 amide bonds. The van der Waals surface area contributed by atoms with Crippen molar-refractivity contribution < 1.29 is 5.11 Å². The lowest BCUT2D eigenvalue weighted by Gasteiger charge is -2.20. The fraction of sp³-hybridized carbons (Fsp3) is 0.526. The first kappa shape index (κ1) is 16.2. The summed E-state index contributed by atoms with van der Waals surface area (Å²) in [6, 6.07) is 8.45.